The molecule has 0 saturated carbocycles. The van der Waals surface area contributed by atoms with Crippen LogP contribution in [-0.2, 0) is 11.2 Å². The maximum atomic E-state index is 12.6. The molecule has 0 aliphatic carbocycles. The number of likely N-dealkylation sites (N-methyl/N-ethyl adjacent to an activating group) is 1. The van der Waals surface area contributed by atoms with Crippen LogP contribution in [0.15, 0.2) is 54.6 Å². The predicted octanol–water partition coefficient (Wildman–Crippen LogP) is 2.68. The third-order valence-corrected chi connectivity index (χ3v) is 4.96. The number of aromatic nitrogens is 1. The first-order valence-electron chi connectivity index (χ1n) is 8.24. The molecule has 0 bridgehead atoms. The van der Waals surface area contributed by atoms with E-state index in [1.54, 1.807) is 11.9 Å². The molecule has 0 fully saturated rings. The van der Waals surface area contributed by atoms with Crippen LogP contribution < -0.4 is 0 Å². The zero-order chi connectivity index (χ0) is 16.7. The minimum Gasteiger partial charge on any atom is -0.382 e. The van der Waals surface area contributed by atoms with Crippen LogP contribution in [0.2, 0.25) is 0 Å². The molecule has 1 aliphatic rings. The highest BCUT2D eigenvalue weighted by Gasteiger charge is 2.35. The number of hydrogen-bond acceptors (Lipinski definition) is 2. The summed E-state index contributed by atoms with van der Waals surface area (Å²) >= 11 is 0. The molecule has 1 amide bonds. The van der Waals surface area contributed by atoms with Crippen molar-refractivity contribution >= 4 is 16.8 Å². The van der Waals surface area contributed by atoms with E-state index in [1.807, 2.05) is 48.5 Å². The van der Waals surface area contributed by atoms with Crippen LogP contribution in [-0.4, -0.2) is 40.6 Å². The SMILES string of the molecule is CN1CCc2c([nH]c3ccccc23)[C@H](c2ccccc2)[C@@H](O)C1=O. The van der Waals surface area contributed by atoms with E-state index in [0.29, 0.717) is 6.54 Å². The molecule has 0 spiro atoms. The summed E-state index contributed by atoms with van der Waals surface area (Å²) in [5, 5.41) is 12.0. The van der Waals surface area contributed by atoms with Gasteiger partial charge in [-0.2, -0.15) is 0 Å². The number of amides is 1. The molecule has 1 aliphatic heterocycles. The number of nitrogens with one attached hydrogen (secondary N) is 1. The molecule has 2 aromatic carbocycles. The lowest BCUT2D eigenvalue weighted by molar-refractivity contribution is -0.139. The average Bonchev–Trinajstić information content (AvgIpc) is 2.97. The van der Waals surface area contributed by atoms with Crippen molar-refractivity contribution in [1.29, 1.82) is 0 Å². The van der Waals surface area contributed by atoms with Gasteiger partial charge < -0.3 is 15.0 Å². The number of nitrogens with zero attached hydrogens (tertiary/aromatic N) is 1. The van der Waals surface area contributed by atoms with Crippen molar-refractivity contribution in [2.75, 3.05) is 13.6 Å². The second kappa shape index (κ2) is 5.80. The minimum atomic E-state index is -1.09. The average molecular weight is 320 g/mol. The molecule has 0 unspecified atom stereocenters. The van der Waals surface area contributed by atoms with E-state index in [1.165, 1.54) is 10.9 Å². The summed E-state index contributed by atoms with van der Waals surface area (Å²) in [5.74, 6) is -0.614. The smallest absolute Gasteiger partial charge is 0.252 e. The molecule has 1 aromatic heterocycles. The quantitative estimate of drug-likeness (QED) is 0.724. The van der Waals surface area contributed by atoms with E-state index in [4.69, 9.17) is 0 Å². The molecule has 4 nitrogen and oxygen atoms in total. The van der Waals surface area contributed by atoms with E-state index in [0.717, 1.165) is 23.2 Å². The Morgan fingerprint density at radius 3 is 2.58 bits per heavy atom. The summed E-state index contributed by atoms with van der Waals surface area (Å²) in [6.45, 7) is 0.603. The van der Waals surface area contributed by atoms with Crippen LogP contribution >= 0.6 is 0 Å². The number of benzene rings is 2. The summed E-state index contributed by atoms with van der Waals surface area (Å²) in [7, 11) is 1.76. The number of carbonyl (C=O) groups excluding carboxylic acids is 1. The molecule has 3 aromatic rings. The highest BCUT2D eigenvalue weighted by Crippen LogP contribution is 2.36. The predicted molar refractivity (Wildman–Crippen MR) is 93.9 cm³/mol. The number of H-pyrrole nitrogens is 1. The lowest BCUT2D eigenvalue weighted by atomic mass is 9.85. The molecule has 122 valence electrons. The summed E-state index contributed by atoms with van der Waals surface area (Å²) < 4.78 is 0. The van der Waals surface area contributed by atoms with Crippen LogP contribution in [0, 0.1) is 0 Å². The van der Waals surface area contributed by atoms with Crippen molar-refractivity contribution in [3.63, 3.8) is 0 Å². The number of carbonyl (C=O) groups is 1. The number of aliphatic hydroxyl groups is 1. The summed E-state index contributed by atoms with van der Waals surface area (Å²) in [6, 6.07) is 17.9. The Kier molecular flexibility index (Phi) is 3.62. The van der Waals surface area contributed by atoms with Gasteiger partial charge in [0, 0.05) is 30.2 Å². The van der Waals surface area contributed by atoms with E-state index in [2.05, 4.69) is 11.1 Å². The molecular weight excluding hydrogens is 300 g/mol. The zero-order valence-electron chi connectivity index (χ0n) is 13.6. The molecule has 4 heteroatoms. The molecule has 2 heterocycles. The lowest BCUT2D eigenvalue weighted by Gasteiger charge is -2.30. The van der Waals surface area contributed by atoms with Crippen molar-refractivity contribution in [3.8, 4) is 0 Å². The van der Waals surface area contributed by atoms with E-state index >= 15 is 0 Å². The summed E-state index contributed by atoms with van der Waals surface area (Å²) in [4.78, 5) is 17.7. The van der Waals surface area contributed by atoms with Gasteiger partial charge in [0.25, 0.3) is 5.91 Å². The largest absolute Gasteiger partial charge is 0.382 e. The fourth-order valence-corrected chi connectivity index (χ4v) is 3.68. The third-order valence-electron chi connectivity index (χ3n) is 4.96. The van der Waals surface area contributed by atoms with Crippen LogP contribution in [0.5, 0.6) is 0 Å². The van der Waals surface area contributed by atoms with Gasteiger partial charge in [0.15, 0.2) is 0 Å². The van der Waals surface area contributed by atoms with Gasteiger partial charge in [-0.05, 0) is 23.6 Å². The Bertz CT molecular complexity index is 885. The number of aliphatic hydroxyl groups excluding tert-OH is 1. The number of fused-ring (bicyclic) bond motifs is 3. The zero-order valence-corrected chi connectivity index (χ0v) is 13.6. The van der Waals surface area contributed by atoms with Crippen LogP contribution in [0.1, 0.15) is 22.7 Å². The number of hydrogen-bond donors (Lipinski definition) is 2. The standard InChI is InChI=1S/C20H20N2O2/c1-22-12-11-15-14-9-5-6-10-16(14)21-18(15)17(19(23)20(22)24)13-7-3-2-4-8-13/h2-10,17,19,21,23H,11-12H2,1H3/t17-,19+/m0/s1. The third kappa shape index (κ3) is 2.31. The topological polar surface area (TPSA) is 56.3 Å². The summed E-state index contributed by atoms with van der Waals surface area (Å²) in [5.41, 5.74) is 4.14. The van der Waals surface area contributed by atoms with Crippen LogP contribution in [0.25, 0.3) is 10.9 Å². The van der Waals surface area contributed by atoms with Crippen molar-refractivity contribution in [2.24, 2.45) is 0 Å². The van der Waals surface area contributed by atoms with Crippen molar-refractivity contribution < 1.29 is 9.90 Å². The second-order valence-corrected chi connectivity index (χ2v) is 6.41. The van der Waals surface area contributed by atoms with Gasteiger partial charge in [0.2, 0.25) is 0 Å². The molecular formula is C20H20N2O2. The first kappa shape index (κ1) is 15.0. The molecule has 24 heavy (non-hydrogen) atoms. The van der Waals surface area contributed by atoms with Crippen LogP contribution in [0.4, 0.5) is 0 Å². The Balaban J connectivity index is 1.97. The van der Waals surface area contributed by atoms with Gasteiger partial charge in [-0.3, -0.25) is 4.79 Å². The van der Waals surface area contributed by atoms with Crippen LogP contribution in [0.3, 0.4) is 0 Å². The Labute approximate surface area is 140 Å². The Hall–Kier alpha value is -2.59. The molecule has 0 saturated heterocycles. The maximum Gasteiger partial charge on any atom is 0.252 e. The van der Waals surface area contributed by atoms with Gasteiger partial charge in [-0.1, -0.05) is 48.5 Å². The van der Waals surface area contributed by atoms with Gasteiger partial charge in [-0.25, -0.2) is 0 Å². The van der Waals surface area contributed by atoms with Crippen molar-refractivity contribution in [1.82, 2.24) is 9.88 Å². The number of rotatable bonds is 1. The first-order chi connectivity index (χ1) is 11.7. The van der Waals surface area contributed by atoms with E-state index in [-0.39, 0.29) is 11.8 Å². The molecule has 2 atom stereocenters. The monoisotopic (exact) mass is 320 g/mol. The summed E-state index contributed by atoms with van der Waals surface area (Å²) in [6.07, 6.45) is -0.318. The van der Waals surface area contributed by atoms with Gasteiger partial charge in [0.1, 0.15) is 6.10 Å². The maximum absolute atomic E-state index is 12.6. The normalized spacial score (nSPS) is 21.4. The second-order valence-electron chi connectivity index (χ2n) is 6.41. The first-order valence-corrected chi connectivity index (χ1v) is 8.24. The fraction of sp³-hybridized carbons (Fsp3) is 0.250. The number of aromatic amines is 1. The molecule has 2 N–H and O–H groups in total. The van der Waals surface area contributed by atoms with Gasteiger partial charge in [-0.15, -0.1) is 0 Å². The van der Waals surface area contributed by atoms with E-state index < -0.39 is 6.10 Å². The minimum absolute atomic E-state index is 0.229. The molecule has 4 rings (SSSR count). The Morgan fingerprint density at radius 2 is 1.79 bits per heavy atom. The van der Waals surface area contributed by atoms with Gasteiger partial charge in [0.05, 0.1) is 5.92 Å². The van der Waals surface area contributed by atoms with E-state index in [9.17, 15) is 9.90 Å². The highest BCUT2D eigenvalue weighted by molar-refractivity contribution is 5.88. The Morgan fingerprint density at radius 1 is 1.08 bits per heavy atom. The van der Waals surface area contributed by atoms with Gasteiger partial charge >= 0.3 is 0 Å². The highest BCUT2D eigenvalue weighted by atomic mass is 16.3. The fourth-order valence-electron chi connectivity index (χ4n) is 3.68. The van der Waals surface area contributed by atoms with Crippen molar-refractivity contribution in [2.45, 2.75) is 18.4 Å². The molecule has 0 radical (unpaired) electrons. The number of para-hydroxylation sites is 1. The lowest BCUT2D eigenvalue weighted by Crippen LogP contribution is -2.43. The van der Waals surface area contributed by atoms with Crippen molar-refractivity contribution in [3.05, 3.63) is 71.4 Å².